The zero-order valence-electron chi connectivity index (χ0n) is 21.7. The highest BCUT2D eigenvalue weighted by atomic mass is 16.3. The molecule has 0 aliphatic heterocycles. The second-order valence-corrected chi connectivity index (χ2v) is 10.3. The van der Waals surface area contributed by atoms with Gasteiger partial charge < -0.3 is 8.83 Å². The van der Waals surface area contributed by atoms with Crippen LogP contribution >= 0.6 is 0 Å². The average molecular weight is 482 g/mol. The number of furan rings is 2. The molecule has 3 nitrogen and oxygen atoms in total. The monoisotopic (exact) mass is 481 g/mol. The van der Waals surface area contributed by atoms with Gasteiger partial charge in [-0.25, -0.2) is 0 Å². The van der Waals surface area contributed by atoms with Crippen LogP contribution in [0.3, 0.4) is 0 Å². The van der Waals surface area contributed by atoms with E-state index in [9.17, 15) is 0 Å². The number of rotatable bonds is 2. The molecular weight excluding hydrogens is 454 g/mol. The number of nitrogens with zero attached hydrogens (tertiary/aromatic N) is 1. The van der Waals surface area contributed by atoms with Crippen LogP contribution in [-0.4, -0.2) is 4.98 Å². The summed E-state index contributed by atoms with van der Waals surface area (Å²) >= 11 is 0. The van der Waals surface area contributed by atoms with E-state index in [4.69, 9.17) is 13.8 Å². The van der Waals surface area contributed by atoms with Crippen LogP contribution in [0.25, 0.3) is 66.3 Å². The predicted octanol–water partition coefficient (Wildman–Crippen LogP) is 9.76. The lowest BCUT2D eigenvalue weighted by molar-refractivity contribution is 0.657. The molecule has 0 aliphatic carbocycles. The van der Waals surface area contributed by atoms with Crippen molar-refractivity contribution in [3.8, 4) is 22.4 Å². The first-order valence-corrected chi connectivity index (χ1v) is 12.7. The van der Waals surface area contributed by atoms with E-state index >= 15 is 0 Å². The molecule has 3 heterocycles. The van der Waals surface area contributed by atoms with Crippen LogP contribution in [0.15, 0.2) is 81.8 Å². The molecule has 0 atom stereocenters. The number of aryl methyl sites for hydroxylation is 5. The lowest BCUT2D eigenvalue weighted by Crippen LogP contribution is -1.90. The van der Waals surface area contributed by atoms with Crippen LogP contribution in [0, 0.1) is 34.6 Å². The van der Waals surface area contributed by atoms with Crippen LogP contribution in [0.4, 0.5) is 0 Å². The first-order valence-electron chi connectivity index (χ1n) is 12.7. The Hall–Kier alpha value is -4.37. The molecule has 0 radical (unpaired) electrons. The summed E-state index contributed by atoms with van der Waals surface area (Å²) in [6.07, 6.45) is 1.90. The fourth-order valence-corrected chi connectivity index (χ4v) is 6.03. The molecule has 0 bridgehead atoms. The van der Waals surface area contributed by atoms with Gasteiger partial charge in [-0.05, 0) is 86.7 Å². The molecule has 0 N–H and O–H groups in total. The molecule has 0 saturated carbocycles. The van der Waals surface area contributed by atoms with Gasteiger partial charge in [-0.15, -0.1) is 0 Å². The van der Waals surface area contributed by atoms with Crippen molar-refractivity contribution < 1.29 is 8.83 Å². The van der Waals surface area contributed by atoms with Crippen molar-refractivity contribution in [3.63, 3.8) is 0 Å². The van der Waals surface area contributed by atoms with E-state index in [-0.39, 0.29) is 0 Å². The Morgan fingerprint density at radius 1 is 0.568 bits per heavy atom. The molecule has 4 aromatic carbocycles. The van der Waals surface area contributed by atoms with Crippen LogP contribution in [0.5, 0.6) is 0 Å². The minimum Gasteiger partial charge on any atom is -0.455 e. The average Bonchev–Trinajstić information content (AvgIpc) is 3.45. The van der Waals surface area contributed by atoms with E-state index in [0.29, 0.717) is 0 Å². The van der Waals surface area contributed by atoms with E-state index in [2.05, 4.69) is 83.1 Å². The van der Waals surface area contributed by atoms with Gasteiger partial charge in [0.1, 0.15) is 22.3 Å². The maximum Gasteiger partial charge on any atom is 0.147 e. The van der Waals surface area contributed by atoms with Crippen molar-refractivity contribution in [1.29, 1.82) is 0 Å². The first-order chi connectivity index (χ1) is 17.9. The van der Waals surface area contributed by atoms with Gasteiger partial charge in [-0.3, -0.25) is 4.98 Å². The van der Waals surface area contributed by atoms with Crippen LogP contribution in [0.1, 0.15) is 27.8 Å². The molecule has 0 unspecified atom stereocenters. The first kappa shape index (κ1) is 21.9. The number of fused-ring (bicyclic) bond motifs is 7. The van der Waals surface area contributed by atoms with Crippen LogP contribution in [0.2, 0.25) is 0 Å². The Kier molecular flexibility index (Phi) is 4.62. The summed E-state index contributed by atoms with van der Waals surface area (Å²) in [5.74, 6) is 0. The highest BCUT2D eigenvalue weighted by molar-refractivity contribution is 6.27. The van der Waals surface area contributed by atoms with E-state index in [0.717, 1.165) is 83.0 Å². The minimum atomic E-state index is 0.887. The maximum atomic E-state index is 6.75. The number of aromatic nitrogens is 1. The molecule has 7 rings (SSSR count). The summed E-state index contributed by atoms with van der Waals surface area (Å²) in [5.41, 5.74) is 13.8. The standard InChI is InChI=1S/C34H27NO2/c1-18-13-20(3)31-25(15-18)29-28(24-11-12-35-27(17-24)23-9-7-6-8-10-23)22(5)33-30(34(29)37-31)26-16-19(2)14-21(4)32(26)36-33/h6-17H,1-5H3. The molecule has 3 aromatic heterocycles. The summed E-state index contributed by atoms with van der Waals surface area (Å²) in [7, 11) is 0. The van der Waals surface area contributed by atoms with E-state index in [1.165, 1.54) is 11.1 Å². The van der Waals surface area contributed by atoms with Gasteiger partial charge >= 0.3 is 0 Å². The SMILES string of the molecule is Cc1cc(C)c2oc3c(c(-c4ccnc(-c5ccccc5)c4)c(C)c4oc5c(C)cc(C)cc5c43)c2c1. The molecule has 3 heteroatoms. The highest BCUT2D eigenvalue weighted by Crippen LogP contribution is 2.48. The van der Waals surface area contributed by atoms with E-state index in [1.807, 2.05) is 24.4 Å². The third kappa shape index (κ3) is 3.17. The summed E-state index contributed by atoms with van der Waals surface area (Å²) in [6.45, 7) is 10.7. The number of hydrogen-bond donors (Lipinski definition) is 0. The van der Waals surface area contributed by atoms with Gasteiger partial charge in [-0.2, -0.15) is 0 Å². The van der Waals surface area contributed by atoms with E-state index < -0.39 is 0 Å². The largest absolute Gasteiger partial charge is 0.455 e. The lowest BCUT2D eigenvalue weighted by atomic mass is 9.91. The quantitative estimate of drug-likeness (QED) is 0.247. The van der Waals surface area contributed by atoms with Crippen molar-refractivity contribution >= 4 is 43.9 Å². The number of hydrogen-bond acceptors (Lipinski definition) is 3. The summed E-state index contributed by atoms with van der Waals surface area (Å²) in [6, 6.07) is 23.4. The molecule has 0 amide bonds. The van der Waals surface area contributed by atoms with Gasteiger partial charge in [0.15, 0.2) is 0 Å². The molecular formula is C34H27NO2. The fraction of sp³-hybridized carbons (Fsp3) is 0.147. The number of benzene rings is 4. The van der Waals surface area contributed by atoms with Gasteiger partial charge in [-0.1, -0.05) is 42.5 Å². The van der Waals surface area contributed by atoms with Crippen LogP contribution < -0.4 is 0 Å². The summed E-state index contributed by atoms with van der Waals surface area (Å²) < 4.78 is 13.4. The van der Waals surface area contributed by atoms with Gasteiger partial charge in [0.25, 0.3) is 0 Å². The molecule has 0 aliphatic rings. The Balaban J connectivity index is 1.69. The second kappa shape index (κ2) is 7.81. The molecule has 0 saturated heterocycles. The Labute approximate surface area is 215 Å². The van der Waals surface area contributed by atoms with Crippen LogP contribution in [-0.2, 0) is 0 Å². The summed E-state index contributed by atoms with van der Waals surface area (Å²) in [4.78, 5) is 4.69. The van der Waals surface area contributed by atoms with Gasteiger partial charge in [0, 0.05) is 39.0 Å². The van der Waals surface area contributed by atoms with E-state index in [1.54, 1.807) is 0 Å². The zero-order chi connectivity index (χ0) is 25.4. The number of pyridine rings is 1. The maximum absolute atomic E-state index is 6.75. The lowest BCUT2D eigenvalue weighted by Gasteiger charge is -2.11. The Bertz CT molecular complexity index is 2020. The van der Waals surface area contributed by atoms with Crippen molar-refractivity contribution in [1.82, 2.24) is 4.98 Å². The van der Waals surface area contributed by atoms with Crippen molar-refractivity contribution in [2.24, 2.45) is 0 Å². The van der Waals surface area contributed by atoms with Gasteiger partial charge in [0.2, 0.25) is 0 Å². The topological polar surface area (TPSA) is 39.2 Å². The highest BCUT2D eigenvalue weighted by Gasteiger charge is 2.25. The Morgan fingerprint density at radius 3 is 1.86 bits per heavy atom. The normalized spacial score (nSPS) is 11.9. The van der Waals surface area contributed by atoms with Gasteiger partial charge in [0.05, 0.1) is 11.1 Å². The third-order valence-electron chi connectivity index (χ3n) is 7.55. The molecule has 180 valence electrons. The fourth-order valence-electron chi connectivity index (χ4n) is 6.03. The molecule has 7 aromatic rings. The second-order valence-electron chi connectivity index (χ2n) is 10.3. The third-order valence-corrected chi connectivity index (χ3v) is 7.55. The predicted molar refractivity (Wildman–Crippen MR) is 153 cm³/mol. The van der Waals surface area contributed by atoms with Crippen molar-refractivity contribution in [3.05, 3.63) is 101 Å². The minimum absolute atomic E-state index is 0.887. The van der Waals surface area contributed by atoms with Crippen molar-refractivity contribution in [2.45, 2.75) is 34.6 Å². The Morgan fingerprint density at radius 2 is 1.19 bits per heavy atom. The molecule has 37 heavy (non-hydrogen) atoms. The smallest absolute Gasteiger partial charge is 0.147 e. The molecule has 0 spiro atoms. The van der Waals surface area contributed by atoms with Crippen molar-refractivity contribution in [2.75, 3.05) is 0 Å². The zero-order valence-corrected chi connectivity index (χ0v) is 21.7. The molecule has 0 fully saturated rings. The summed E-state index contributed by atoms with van der Waals surface area (Å²) in [5, 5.41) is 4.45.